The molecule has 0 aromatic carbocycles. The van der Waals surface area contributed by atoms with Crippen LogP contribution in [-0.2, 0) is 0 Å². The van der Waals surface area contributed by atoms with Crippen LogP contribution < -0.4 is 5.32 Å². The first-order chi connectivity index (χ1) is 8.74. The first kappa shape index (κ1) is 16.3. The summed E-state index contributed by atoms with van der Waals surface area (Å²) in [6, 6.07) is 0.704. The van der Waals surface area contributed by atoms with Gasteiger partial charge in [-0.1, -0.05) is 19.8 Å². The third kappa shape index (κ3) is 7.01. The van der Waals surface area contributed by atoms with Crippen molar-refractivity contribution < 1.29 is 0 Å². The minimum atomic E-state index is 0.704. The third-order valence-corrected chi connectivity index (χ3v) is 5.16. The van der Waals surface area contributed by atoms with Crippen molar-refractivity contribution in [3.05, 3.63) is 0 Å². The molecule has 1 heterocycles. The van der Waals surface area contributed by atoms with E-state index in [9.17, 15) is 0 Å². The van der Waals surface area contributed by atoms with E-state index in [0.717, 1.165) is 5.25 Å². The SMILES string of the molecule is CCCCCN(CCSC1CCNCC1)C(C)C. The van der Waals surface area contributed by atoms with Gasteiger partial charge in [0, 0.05) is 23.6 Å². The van der Waals surface area contributed by atoms with Gasteiger partial charge in [-0.2, -0.15) is 11.8 Å². The van der Waals surface area contributed by atoms with Crippen LogP contribution in [0.15, 0.2) is 0 Å². The smallest absolute Gasteiger partial charge is 0.00751 e. The van der Waals surface area contributed by atoms with Crippen LogP contribution in [0.2, 0.25) is 0 Å². The molecule has 0 aromatic heterocycles. The summed E-state index contributed by atoms with van der Waals surface area (Å²) in [5.74, 6) is 1.31. The Morgan fingerprint density at radius 3 is 2.50 bits per heavy atom. The molecule has 1 aliphatic heterocycles. The number of piperidine rings is 1. The summed E-state index contributed by atoms with van der Waals surface area (Å²) in [6.07, 6.45) is 6.80. The lowest BCUT2D eigenvalue weighted by molar-refractivity contribution is 0.231. The van der Waals surface area contributed by atoms with E-state index >= 15 is 0 Å². The van der Waals surface area contributed by atoms with E-state index in [4.69, 9.17) is 0 Å². The minimum Gasteiger partial charge on any atom is -0.317 e. The van der Waals surface area contributed by atoms with Crippen LogP contribution >= 0.6 is 11.8 Å². The van der Waals surface area contributed by atoms with E-state index in [1.807, 2.05) is 0 Å². The number of rotatable bonds is 9. The fraction of sp³-hybridized carbons (Fsp3) is 1.00. The zero-order valence-electron chi connectivity index (χ0n) is 12.6. The number of thioether (sulfide) groups is 1. The molecule has 0 unspecified atom stereocenters. The first-order valence-electron chi connectivity index (χ1n) is 7.80. The Morgan fingerprint density at radius 2 is 1.89 bits per heavy atom. The molecule has 108 valence electrons. The highest BCUT2D eigenvalue weighted by atomic mass is 32.2. The van der Waals surface area contributed by atoms with E-state index in [1.54, 1.807) is 0 Å². The fourth-order valence-electron chi connectivity index (χ4n) is 2.49. The average Bonchev–Trinajstić information content (AvgIpc) is 2.38. The molecule has 18 heavy (non-hydrogen) atoms. The lowest BCUT2D eigenvalue weighted by Crippen LogP contribution is -2.35. The van der Waals surface area contributed by atoms with Gasteiger partial charge in [-0.3, -0.25) is 0 Å². The van der Waals surface area contributed by atoms with E-state index in [-0.39, 0.29) is 0 Å². The van der Waals surface area contributed by atoms with Crippen molar-refractivity contribution in [2.75, 3.05) is 31.9 Å². The molecular weight excluding hydrogens is 240 g/mol. The van der Waals surface area contributed by atoms with Crippen LogP contribution in [0.1, 0.15) is 52.9 Å². The van der Waals surface area contributed by atoms with Crippen molar-refractivity contribution in [2.24, 2.45) is 0 Å². The van der Waals surface area contributed by atoms with Crippen LogP contribution in [0.3, 0.4) is 0 Å². The summed E-state index contributed by atoms with van der Waals surface area (Å²) in [5, 5.41) is 4.36. The van der Waals surface area contributed by atoms with E-state index < -0.39 is 0 Å². The summed E-state index contributed by atoms with van der Waals surface area (Å²) in [4.78, 5) is 2.66. The van der Waals surface area contributed by atoms with Gasteiger partial charge in [-0.05, 0) is 52.7 Å². The Hall–Kier alpha value is 0.270. The number of nitrogens with one attached hydrogen (secondary N) is 1. The van der Waals surface area contributed by atoms with Gasteiger partial charge >= 0.3 is 0 Å². The predicted octanol–water partition coefficient (Wildman–Crippen LogP) is 3.37. The van der Waals surface area contributed by atoms with E-state index in [1.165, 1.54) is 64.0 Å². The molecule has 0 amide bonds. The second kappa shape index (κ2) is 10.1. The van der Waals surface area contributed by atoms with Crippen LogP contribution in [0.25, 0.3) is 0 Å². The number of unbranched alkanes of at least 4 members (excludes halogenated alkanes) is 2. The highest BCUT2D eigenvalue weighted by Gasteiger charge is 2.14. The highest BCUT2D eigenvalue weighted by molar-refractivity contribution is 7.99. The van der Waals surface area contributed by atoms with Crippen molar-refractivity contribution in [1.29, 1.82) is 0 Å². The second-order valence-electron chi connectivity index (χ2n) is 5.66. The maximum Gasteiger partial charge on any atom is 0.00751 e. The molecule has 1 fully saturated rings. The maximum atomic E-state index is 3.44. The summed E-state index contributed by atoms with van der Waals surface area (Å²) in [5.41, 5.74) is 0. The summed E-state index contributed by atoms with van der Waals surface area (Å²) >= 11 is 2.20. The monoisotopic (exact) mass is 272 g/mol. The lowest BCUT2D eigenvalue weighted by atomic mass is 10.2. The van der Waals surface area contributed by atoms with Gasteiger partial charge in [0.05, 0.1) is 0 Å². The lowest BCUT2D eigenvalue weighted by Gasteiger charge is -2.28. The van der Waals surface area contributed by atoms with Gasteiger partial charge < -0.3 is 10.2 Å². The van der Waals surface area contributed by atoms with Crippen molar-refractivity contribution in [3.63, 3.8) is 0 Å². The first-order valence-corrected chi connectivity index (χ1v) is 8.85. The molecule has 1 N–H and O–H groups in total. The molecule has 3 heteroatoms. The van der Waals surface area contributed by atoms with Crippen molar-refractivity contribution in [3.8, 4) is 0 Å². The molecule has 0 aromatic rings. The normalized spacial score (nSPS) is 17.8. The fourth-order valence-corrected chi connectivity index (χ4v) is 3.73. The van der Waals surface area contributed by atoms with Crippen LogP contribution in [0.5, 0.6) is 0 Å². The molecule has 0 spiro atoms. The van der Waals surface area contributed by atoms with Gasteiger partial charge in [0.2, 0.25) is 0 Å². The molecule has 1 saturated heterocycles. The summed E-state index contributed by atoms with van der Waals surface area (Å²) in [7, 11) is 0. The molecule has 2 nitrogen and oxygen atoms in total. The van der Waals surface area contributed by atoms with E-state index in [0.29, 0.717) is 6.04 Å². The molecule has 1 aliphatic rings. The molecular formula is C15H32N2S. The zero-order chi connectivity index (χ0) is 13.2. The molecule has 1 rings (SSSR count). The Labute approximate surface area is 118 Å². The van der Waals surface area contributed by atoms with Gasteiger partial charge in [-0.25, -0.2) is 0 Å². The topological polar surface area (TPSA) is 15.3 Å². The van der Waals surface area contributed by atoms with Crippen LogP contribution in [0.4, 0.5) is 0 Å². The molecule has 0 saturated carbocycles. The number of hydrogen-bond acceptors (Lipinski definition) is 3. The zero-order valence-corrected chi connectivity index (χ0v) is 13.4. The average molecular weight is 273 g/mol. The van der Waals surface area contributed by atoms with Gasteiger partial charge in [0.25, 0.3) is 0 Å². The maximum absolute atomic E-state index is 3.44. The van der Waals surface area contributed by atoms with Crippen molar-refractivity contribution in [1.82, 2.24) is 10.2 Å². The van der Waals surface area contributed by atoms with Gasteiger partial charge in [0.1, 0.15) is 0 Å². The third-order valence-electron chi connectivity index (χ3n) is 3.80. The van der Waals surface area contributed by atoms with Crippen molar-refractivity contribution >= 4 is 11.8 Å². The van der Waals surface area contributed by atoms with Crippen LogP contribution in [0, 0.1) is 0 Å². The Balaban J connectivity index is 2.11. The summed E-state index contributed by atoms with van der Waals surface area (Å²) < 4.78 is 0. The standard InChI is InChI=1S/C15H32N2S/c1-4-5-6-11-17(14(2)3)12-13-18-15-7-9-16-10-8-15/h14-16H,4-13H2,1-3H3. The second-order valence-corrected chi connectivity index (χ2v) is 7.07. The quantitative estimate of drug-likeness (QED) is 0.648. The Morgan fingerprint density at radius 1 is 1.17 bits per heavy atom. The molecule has 0 atom stereocenters. The minimum absolute atomic E-state index is 0.704. The largest absolute Gasteiger partial charge is 0.317 e. The molecule has 0 radical (unpaired) electrons. The van der Waals surface area contributed by atoms with Gasteiger partial charge in [-0.15, -0.1) is 0 Å². The van der Waals surface area contributed by atoms with Crippen LogP contribution in [-0.4, -0.2) is 48.1 Å². The summed E-state index contributed by atoms with van der Waals surface area (Å²) in [6.45, 7) is 12.0. The van der Waals surface area contributed by atoms with E-state index in [2.05, 4.69) is 42.7 Å². The Bertz CT molecular complexity index is 191. The number of hydrogen-bond donors (Lipinski definition) is 1. The highest BCUT2D eigenvalue weighted by Crippen LogP contribution is 2.20. The number of nitrogens with zero attached hydrogens (tertiary/aromatic N) is 1. The molecule has 0 aliphatic carbocycles. The predicted molar refractivity (Wildman–Crippen MR) is 84.6 cm³/mol. The van der Waals surface area contributed by atoms with Crippen molar-refractivity contribution in [2.45, 2.75) is 64.2 Å². The Kier molecular flexibility index (Phi) is 9.16. The molecule has 0 bridgehead atoms. The van der Waals surface area contributed by atoms with Gasteiger partial charge in [0.15, 0.2) is 0 Å².